The second-order valence-electron chi connectivity index (χ2n) is 17.5. The average molecular weight is 818 g/mol. The van der Waals surface area contributed by atoms with Crippen LogP contribution in [-0.2, 0) is 34.9 Å². The zero-order valence-corrected chi connectivity index (χ0v) is 35.2. The van der Waals surface area contributed by atoms with Crippen molar-refractivity contribution in [2.24, 2.45) is 46.1 Å². The van der Waals surface area contributed by atoms with E-state index in [0.29, 0.717) is 17.4 Å². The van der Waals surface area contributed by atoms with E-state index >= 15 is 0 Å². The van der Waals surface area contributed by atoms with Crippen molar-refractivity contribution in [2.45, 2.75) is 122 Å². The second kappa shape index (κ2) is 19.3. The van der Waals surface area contributed by atoms with E-state index in [1.54, 1.807) is 12.1 Å². The summed E-state index contributed by atoms with van der Waals surface area (Å²) < 4.78 is 12.6. The number of amides is 5. The number of aryl methyl sites for hydroxylation is 1. The molecule has 0 radical (unpaired) electrons. The van der Waals surface area contributed by atoms with Crippen molar-refractivity contribution < 1.29 is 33.3 Å². The van der Waals surface area contributed by atoms with Crippen molar-refractivity contribution in [3.63, 3.8) is 0 Å². The van der Waals surface area contributed by atoms with E-state index in [-0.39, 0.29) is 36.9 Å². The van der Waals surface area contributed by atoms with E-state index in [0.717, 1.165) is 43.2 Å². The lowest BCUT2D eigenvalue weighted by Gasteiger charge is -2.64. The summed E-state index contributed by atoms with van der Waals surface area (Å²) in [6.45, 7) is 11.8. The molecule has 0 aromatic heterocycles. The first-order chi connectivity index (χ1) is 27.9. The lowest BCUT2D eigenvalue weighted by molar-refractivity contribution is -0.199. The first-order valence-electron chi connectivity index (χ1n) is 20.9. The van der Waals surface area contributed by atoms with E-state index in [4.69, 9.17) is 32.2 Å². The first kappa shape index (κ1) is 45.7. The highest BCUT2D eigenvalue weighted by molar-refractivity contribution is 6.47. The molecule has 13 N–H and O–H groups in total. The Morgan fingerprint density at radius 3 is 1.90 bits per heavy atom. The third kappa shape index (κ3) is 10.5. The number of carbonyl (C=O) groups is 5. The Kier molecular flexibility index (Phi) is 15.0. The van der Waals surface area contributed by atoms with Crippen LogP contribution in [-0.4, -0.2) is 91.8 Å². The summed E-state index contributed by atoms with van der Waals surface area (Å²) >= 11 is 0. The second-order valence-corrected chi connectivity index (χ2v) is 17.5. The molecule has 3 saturated carbocycles. The summed E-state index contributed by atoms with van der Waals surface area (Å²) in [6.07, 6.45) is 3.69. The molecule has 2 aromatic carbocycles. The molecule has 9 atom stereocenters. The van der Waals surface area contributed by atoms with Gasteiger partial charge in [-0.05, 0) is 91.0 Å². The summed E-state index contributed by atoms with van der Waals surface area (Å²) in [5.41, 5.74) is 27.3. The Balaban J connectivity index is 1.10. The minimum Gasteiger partial charge on any atom is -0.403 e. The Morgan fingerprint density at radius 2 is 1.32 bits per heavy atom. The van der Waals surface area contributed by atoms with Gasteiger partial charge in [-0.2, -0.15) is 0 Å². The van der Waals surface area contributed by atoms with Crippen LogP contribution in [0.1, 0.15) is 89.6 Å². The third-order valence-electron chi connectivity index (χ3n) is 12.5. The molecule has 1 aliphatic heterocycles. The maximum Gasteiger partial charge on any atom is 0.497 e. The number of hydrogen-bond donors (Lipinski definition) is 9. The number of nitrogens with one attached hydrogen (secondary N) is 5. The highest BCUT2D eigenvalue weighted by Crippen LogP contribution is 2.65. The third-order valence-corrected chi connectivity index (χ3v) is 12.5. The lowest BCUT2D eigenvalue weighted by Crippen LogP contribution is -2.65. The van der Waals surface area contributed by atoms with Gasteiger partial charge in [-0.1, -0.05) is 77.4 Å². The van der Waals surface area contributed by atoms with E-state index < -0.39 is 72.6 Å². The van der Waals surface area contributed by atoms with Crippen molar-refractivity contribution >= 4 is 36.7 Å². The van der Waals surface area contributed by atoms with Gasteiger partial charge in [0.05, 0.1) is 11.7 Å². The average Bonchev–Trinajstić information content (AvgIpc) is 3.58. The number of benzene rings is 2. The van der Waals surface area contributed by atoms with Gasteiger partial charge >= 0.3 is 7.12 Å². The molecule has 2 bridgehead atoms. The molecule has 4 fully saturated rings. The minimum atomic E-state index is -1.61. The minimum absolute atomic E-state index is 0.0203. The molecule has 322 valence electrons. The predicted molar refractivity (Wildman–Crippen MR) is 226 cm³/mol. The molecule has 3 aliphatic carbocycles. The van der Waals surface area contributed by atoms with Gasteiger partial charge < -0.3 is 58.8 Å². The molecule has 4 aliphatic rings. The van der Waals surface area contributed by atoms with Crippen molar-refractivity contribution in [1.82, 2.24) is 26.6 Å². The van der Waals surface area contributed by atoms with Crippen LogP contribution in [0.2, 0.25) is 0 Å². The summed E-state index contributed by atoms with van der Waals surface area (Å²) in [5.74, 6) is -2.76. The van der Waals surface area contributed by atoms with Crippen molar-refractivity contribution in [3.8, 4) is 11.1 Å². The van der Waals surface area contributed by atoms with E-state index in [1.165, 1.54) is 5.56 Å². The van der Waals surface area contributed by atoms with Gasteiger partial charge in [0, 0.05) is 18.7 Å². The fraction of sp³-hybridized carbons (Fsp3) is 0.595. The summed E-state index contributed by atoms with van der Waals surface area (Å²) in [6, 6.07) is 10.6. The fourth-order valence-electron chi connectivity index (χ4n) is 8.70. The highest BCUT2D eigenvalue weighted by atomic mass is 16.7. The van der Waals surface area contributed by atoms with Crippen LogP contribution in [0.15, 0.2) is 48.5 Å². The van der Waals surface area contributed by atoms with Gasteiger partial charge in [0.2, 0.25) is 17.7 Å². The van der Waals surface area contributed by atoms with Crippen LogP contribution in [0.5, 0.6) is 0 Å². The molecule has 6 rings (SSSR count). The van der Waals surface area contributed by atoms with Crippen molar-refractivity contribution in [3.05, 3.63) is 59.7 Å². The van der Waals surface area contributed by atoms with Crippen LogP contribution < -0.4 is 49.5 Å². The standard InChI is InChI=1S/C42H64BN9O7/c1-7-8-9-24-10-12-25(13-11-24)26-14-16-27(17-15-26)35(53)49-30(21-44)37(55)50-31(22-45)38(56)51-34(46)39(57)48-29(18-23(2)3)36(54)52-40(47)43-58-33-20-28-19-32(41(28,4)5)42(33,6)59-43/h10-17,23,28-34,40H,7-9,18-22,44-47H2,1-6H3,(H,48,57)(H,49,53)(H,50,55)(H,51,56)(H,52,54)/t28-,29-,30-,31?,32-,33+,34+,40+,42-/m0/s1. The first-order valence-corrected chi connectivity index (χ1v) is 20.9. The van der Waals surface area contributed by atoms with Crippen LogP contribution in [0.3, 0.4) is 0 Å². The van der Waals surface area contributed by atoms with Gasteiger partial charge in [0.15, 0.2) is 6.17 Å². The zero-order chi connectivity index (χ0) is 43.2. The number of unbranched alkanes of at least 4 members (excludes halogenated alkanes) is 1. The SMILES string of the molecule is CCCCc1ccc(-c2ccc(C(=O)N[C@@H](CN)C(=O)NC(CN)C(=O)N[C@@H](N)C(=O)N[C@@H](CC(C)C)C(=O)N[C@@H](N)B3O[C@@H]4C[C@@H]5C[C@@H](C5(C)C)[C@]4(C)O3)cc2)cc1. The quantitative estimate of drug-likeness (QED) is 0.0707. The van der Waals surface area contributed by atoms with Crippen LogP contribution in [0.25, 0.3) is 11.1 Å². The summed E-state index contributed by atoms with van der Waals surface area (Å²) in [4.78, 5) is 66.2. The summed E-state index contributed by atoms with van der Waals surface area (Å²) in [5, 5.41) is 12.7. The van der Waals surface area contributed by atoms with Crippen LogP contribution in [0.4, 0.5) is 0 Å². The maximum absolute atomic E-state index is 13.5. The molecule has 1 saturated heterocycles. The number of carbonyl (C=O) groups excluding carboxylic acids is 5. The topological polar surface area (TPSA) is 268 Å². The normalized spacial score (nSPS) is 24.1. The van der Waals surface area contributed by atoms with Gasteiger partial charge in [0.25, 0.3) is 11.8 Å². The lowest BCUT2D eigenvalue weighted by atomic mass is 9.43. The van der Waals surface area contributed by atoms with Crippen molar-refractivity contribution in [1.29, 1.82) is 0 Å². The molecule has 17 heteroatoms. The zero-order valence-electron chi connectivity index (χ0n) is 35.2. The maximum atomic E-state index is 13.5. The van der Waals surface area contributed by atoms with Gasteiger partial charge in [-0.3, -0.25) is 24.0 Å². The number of rotatable bonds is 19. The van der Waals surface area contributed by atoms with Gasteiger partial charge in [0.1, 0.15) is 24.2 Å². The van der Waals surface area contributed by atoms with E-state index in [2.05, 4.69) is 66.4 Å². The van der Waals surface area contributed by atoms with Crippen LogP contribution in [0, 0.1) is 23.2 Å². The Labute approximate surface area is 347 Å². The molecule has 16 nitrogen and oxygen atoms in total. The Bertz CT molecular complexity index is 1810. The molecule has 2 aromatic rings. The number of hydrogen-bond acceptors (Lipinski definition) is 11. The smallest absolute Gasteiger partial charge is 0.403 e. The van der Waals surface area contributed by atoms with Crippen LogP contribution >= 0.6 is 0 Å². The Hall–Kier alpha value is -4.39. The fourth-order valence-corrected chi connectivity index (χ4v) is 8.70. The molecule has 1 unspecified atom stereocenters. The van der Waals surface area contributed by atoms with Gasteiger partial charge in [-0.15, -0.1) is 0 Å². The van der Waals surface area contributed by atoms with E-state index in [1.807, 2.05) is 38.1 Å². The molecule has 1 heterocycles. The molecule has 0 spiro atoms. The molecular formula is C42H64BN9O7. The summed E-state index contributed by atoms with van der Waals surface area (Å²) in [7, 11) is -0.868. The van der Waals surface area contributed by atoms with Gasteiger partial charge in [-0.25, -0.2) is 0 Å². The largest absolute Gasteiger partial charge is 0.497 e. The molecule has 59 heavy (non-hydrogen) atoms. The monoisotopic (exact) mass is 818 g/mol. The number of nitrogens with two attached hydrogens (primary N) is 4. The van der Waals surface area contributed by atoms with E-state index in [9.17, 15) is 24.0 Å². The predicted octanol–water partition coefficient (Wildman–Crippen LogP) is 0.797. The molecule has 5 amide bonds. The highest BCUT2D eigenvalue weighted by Gasteiger charge is 2.68. The van der Waals surface area contributed by atoms with Crippen molar-refractivity contribution in [2.75, 3.05) is 13.1 Å². The molecular weight excluding hydrogens is 753 g/mol. The Morgan fingerprint density at radius 1 is 0.763 bits per heavy atom.